The average molecular weight is 459 g/mol. The van der Waals surface area contributed by atoms with E-state index < -0.39 is 5.97 Å². The van der Waals surface area contributed by atoms with Crippen LogP contribution in [0.1, 0.15) is 49.9 Å². The van der Waals surface area contributed by atoms with Gasteiger partial charge in [-0.2, -0.15) is 0 Å². The second-order valence-electron chi connectivity index (χ2n) is 7.80. The molecule has 0 aliphatic carbocycles. The Bertz CT molecular complexity index is 707. The van der Waals surface area contributed by atoms with Gasteiger partial charge in [0, 0.05) is 50.4 Å². The van der Waals surface area contributed by atoms with Crippen LogP contribution in [-0.2, 0) is 9.53 Å². The van der Waals surface area contributed by atoms with Crippen molar-refractivity contribution in [3.05, 3.63) is 23.8 Å². The molecule has 0 radical (unpaired) electrons. The summed E-state index contributed by atoms with van der Waals surface area (Å²) < 4.78 is 16.2. The molecule has 2 rings (SSSR count). The van der Waals surface area contributed by atoms with E-state index in [9.17, 15) is 9.59 Å². The van der Waals surface area contributed by atoms with Crippen LogP contribution in [-0.4, -0.2) is 74.0 Å². The lowest BCUT2D eigenvalue weighted by Gasteiger charge is -2.39. The molecular weight excluding hydrogens is 424 g/mol. The van der Waals surface area contributed by atoms with E-state index in [0.29, 0.717) is 36.8 Å². The molecule has 9 heteroatoms. The van der Waals surface area contributed by atoms with Crippen molar-refractivity contribution in [2.45, 2.75) is 57.7 Å². The van der Waals surface area contributed by atoms with Crippen LogP contribution < -0.4 is 14.8 Å². The number of carboxylic acid groups (broad SMARTS) is 1. The van der Waals surface area contributed by atoms with E-state index in [-0.39, 0.29) is 42.9 Å². The number of ether oxygens (including phenoxy) is 3. The SMILES string of the molecule is COCCCOc1cc(C(=O)N(C(C)C)[C@@H]2CC[C@H](CC(=O)O)NC2)ccc1OC.Cl. The molecule has 2 N–H and O–H groups in total. The van der Waals surface area contributed by atoms with E-state index in [1.807, 2.05) is 18.7 Å². The second-order valence-corrected chi connectivity index (χ2v) is 7.80. The summed E-state index contributed by atoms with van der Waals surface area (Å²) in [6.07, 6.45) is 2.33. The molecule has 0 bridgehead atoms. The smallest absolute Gasteiger partial charge is 0.304 e. The minimum atomic E-state index is -0.806. The number of carbonyl (C=O) groups is 2. The summed E-state index contributed by atoms with van der Waals surface area (Å²) in [4.78, 5) is 26.2. The molecular formula is C22H35ClN2O6. The molecule has 2 atom stereocenters. The number of piperidine rings is 1. The topological polar surface area (TPSA) is 97.3 Å². The molecule has 1 amide bonds. The van der Waals surface area contributed by atoms with Crippen molar-refractivity contribution < 1.29 is 28.9 Å². The lowest BCUT2D eigenvalue weighted by molar-refractivity contribution is -0.137. The number of rotatable bonds is 11. The lowest BCUT2D eigenvalue weighted by atomic mass is 9.96. The van der Waals surface area contributed by atoms with Gasteiger partial charge in [0.15, 0.2) is 11.5 Å². The maximum absolute atomic E-state index is 13.4. The summed E-state index contributed by atoms with van der Waals surface area (Å²) in [6, 6.07) is 5.20. The molecule has 1 aromatic rings. The molecule has 0 spiro atoms. The molecule has 1 heterocycles. The van der Waals surface area contributed by atoms with Crippen molar-refractivity contribution >= 4 is 24.3 Å². The zero-order chi connectivity index (χ0) is 22.1. The first-order valence-corrected chi connectivity index (χ1v) is 10.4. The van der Waals surface area contributed by atoms with Gasteiger partial charge in [-0.25, -0.2) is 0 Å². The summed E-state index contributed by atoms with van der Waals surface area (Å²) in [7, 11) is 3.21. The summed E-state index contributed by atoms with van der Waals surface area (Å²) in [5.74, 6) is 0.235. The van der Waals surface area contributed by atoms with E-state index in [1.165, 1.54) is 0 Å². The molecule has 31 heavy (non-hydrogen) atoms. The maximum atomic E-state index is 13.4. The second kappa shape index (κ2) is 13.4. The Labute approximate surface area is 190 Å². The Hall–Kier alpha value is -2.03. The summed E-state index contributed by atoms with van der Waals surface area (Å²) in [5, 5.41) is 12.3. The standard InChI is InChI=1S/C22H34N2O6.ClH/c1-15(2)24(18-8-7-17(23-14-18)13-21(25)26)22(27)16-6-9-19(29-4)20(12-16)30-11-5-10-28-3;/h6,9,12,15,17-18,23H,5,7-8,10-11,13-14H2,1-4H3,(H,25,26);1H/t17-,18-;/m1./s1. The number of amides is 1. The van der Waals surface area contributed by atoms with E-state index in [0.717, 1.165) is 19.3 Å². The number of methoxy groups -OCH3 is 2. The van der Waals surface area contributed by atoms with Crippen molar-refractivity contribution in [3.63, 3.8) is 0 Å². The molecule has 1 fully saturated rings. The van der Waals surface area contributed by atoms with Crippen molar-refractivity contribution in [2.75, 3.05) is 34.0 Å². The monoisotopic (exact) mass is 458 g/mol. The van der Waals surface area contributed by atoms with E-state index in [1.54, 1.807) is 32.4 Å². The van der Waals surface area contributed by atoms with E-state index in [4.69, 9.17) is 19.3 Å². The van der Waals surface area contributed by atoms with Gasteiger partial charge in [0.05, 0.1) is 20.1 Å². The van der Waals surface area contributed by atoms with Gasteiger partial charge in [0.2, 0.25) is 0 Å². The highest BCUT2D eigenvalue weighted by atomic mass is 35.5. The van der Waals surface area contributed by atoms with Gasteiger partial charge in [0.25, 0.3) is 5.91 Å². The number of hydrogen-bond acceptors (Lipinski definition) is 6. The molecule has 8 nitrogen and oxygen atoms in total. The Morgan fingerprint density at radius 1 is 1.19 bits per heavy atom. The number of benzene rings is 1. The van der Waals surface area contributed by atoms with E-state index >= 15 is 0 Å². The normalized spacial score (nSPS) is 18.2. The first-order chi connectivity index (χ1) is 14.4. The Morgan fingerprint density at radius 2 is 1.94 bits per heavy atom. The molecule has 0 saturated carbocycles. The summed E-state index contributed by atoms with van der Waals surface area (Å²) in [5.41, 5.74) is 0.541. The van der Waals surface area contributed by atoms with Gasteiger partial charge in [-0.3, -0.25) is 9.59 Å². The number of hydrogen-bond donors (Lipinski definition) is 2. The van der Waals surface area contributed by atoms with Crippen LogP contribution in [0.25, 0.3) is 0 Å². The Balaban J connectivity index is 0.00000480. The summed E-state index contributed by atoms with van der Waals surface area (Å²) in [6.45, 7) is 5.63. The highest BCUT2D eigenvalue weighted by Crippen LogP contribution is 2.30. The number of halogens is 1. The first-order valence-electron chi connectivity index (χ1n) is 10.4. The fraction of sp³-hybridized carbons (Fsp3) is 0.636. The van der Waals surface area contributed by atoms with Crippen molar-refractivity contribution in [1.29, 1.82) is 0 Å². The number of nitrogens with one attached hydrogen (secondary N) is 1. The molecule has 1 aliphatic heterocycles. The molecule has 1 aromatic carbocycles. The molecule has 1 saturated heterocycles. The van der Waals surface area contributed by atoms with Crippen LogP contribution in [0.4, 0.5) is 0 Å². The molecule has 0 aromatic heterocycles. The van der Waals surface area contributed by atoms with Crippen molar-refractivity contribution in [1.82, 2.24) is 10.2 Å². The van der Waals surface area contributed by atoms with Gasteiger partial charge in [-0.05, 0) is 44.9 Å². The van der Waals surface area contributed by atoms with Crippen molar-refractivity contribution in [2.24, 2.45) is 0 Å². The van der Waals surface area contributed by atoms with Crippen LogP contribution in [0.15, 0.2) is 18.2 Å². The molecule has 0 unspecified atom stereocenters. The van der Waals surface area contributed by atoms with Gasteiger partial charge in [-0.15, -0.1) is 12.4 Å². The van der Waals surface area contributed by atoms with Crippen LogP contribution >= 0.6 is 12.4 Å². The zero-order valence-electron chi connectivity index (χ0n) is 18.8. The number of carbonyl (C=O) groups excluding carboxylic acids is 1. The highest BCUT2D eigenvalue weighted by Gasteiger charge is 2.31. The Kier molecular flexibility index (Phi) is 11.7. The van der Waals surface area contributed by atoms with E-state index in [2.05, 4.69) is 5.32 Å². The summed E-state index contributed by atoms with van der Waals surface area (Å²) >= 11 is 0. The highest BCUT2D eigenvalue weighted by molar-refractivity contribution is 5.95. The van der Waals surface area contributed by atoms with Gasteiger partial charge < -0.3 is 29.5 Å². The predicted octanol–water partition coefficient (Wildman–Crippen LogP) is 2.98. The zero-order valence-corrected chi connectivity index (χ0v) is 19.6. The Morgan fingerprint density at radius 3 is 2.48 bits per heavy atom. The third-order valence-corrected chi connectivity index (χ3v) is 5.26. The first kappa shape index (κ1) is 27.0. The van der Waals surface area contributed by atoms with Crippen LogP contribution in [0.2, 0.25) is 0 Å². The maximum Gasteiger partial charge on any atom is 0.304 e. The fourth-order valence-electron chi connectivity index (χ4n) is 3.80. The minimum absolute atomic E-state index is 0. The number of aliphatic carboxylic acids is 1. The minimum Gasteiger partial charge on any atom is -0.493 e. The third kappa shape index (κ3) is 7.87. The quantitative estimate of drug-likeness (QED) is 0.492. The number of carboxylic acids is 1. The third-order valence-electron chi connectivity index (χ3n) is 5.26. The van der Waals surface area contributed by atoms with Gasteiger partial charge in [0.1, 0.15) is 0 Å². The fourth-order valence-corrected chi connectivity index (χ4v) is 3.80. The van der Waals surface area contributed by atoms with Crippen LogP contribution in [0.5, 0.6) is 11.5 Å². The van der Waals surface area contributed by atoms with Crippen LogP contribution in [0, 0.1) is 0 Å². The van der Waals surface area contributed by atoms with Crippen LogP contribution in [0.3, 0.4) is 0 Å². The van der Waals surface area contributed by atoms with Gasteiger partial charge >= 0.3 is 5.97 Å². The lowest BCUT2D eigenvalue weighted by Crippen LogP contribution is -2.54. The average Bonchev–Trinajstić information content (AvgIpc) is 2.71. The molecule has 176 valence electrons. The van der Waals surface area contributed by atoms with Crippen molar-refractivity contribution in [3.8, 4) is 11.5 Å². The molecule has 1 aliphatic rings. The predicted molar refractivity (Wildman–Crippen MR) is 121 cm³/mol. The van der Waals surface area contributed by atoms with Gasteiger partial charge in [-0.1, -0.05) is 0 Å². The largest absolute Gasteiger partial charge is 0.493 e. The number of nitrogens with zero attached hydrogens (tertiary/aromatic N) is 1.